The maximum absolute atomic E-state index is 12.2. The van der Waals surface area contributed by atoms with Crippen molar-refractivity contribution in [2.24, 2.45) is 5.92 Å². The van der Waals surface area contributed by atoms with E-state index < -0.39 is 0 Å². The number of amides is 2. The van der Waals surface area contributed by atoms with Crippen LogP contribution in [0.4, 0.5) is 5.69 Å². The van der Waals surface area contributed by atoms with Crippen LogP contribution in [0, 0.1) is 5.92 Å². The van der Waals surface area contributed by atoms with Crippen LogP contribution in [0.3, 0.4) is 0 Å². The number of carbonyl (C=O) groups is 2. The summed E-state index contributed by atoms with van der Waals surface area (Å²) in [6.45, 7) is 1.70. The van der Waals surface area contributed by atoms with Crippen LogP contribution >= 0.6 is 0 Å². The molecule has 0 saturated heterocycles. The summed E-state index contributed by atoms with van der Waals surface area (Å²) in [5.41, 5.74) is 2.18. The topological polar surface area (TPSA) is 83.1 Å². The van der Waals surface area contributed by atoms with E-state index >= 15 is 0 Å². The highest BCUT2D eigenvalue weighted by Gasteiger charge is 2.20. The lowest BCUT2D eigenvalue weighted by atomic mass is 10.2. The first-order valence-electron chi connectivity index (χ1n) is 8.48. The molecular weight excluding hydrogens is 316 g/mol. The SMILES string of the molecule is O=C(CNCC1CC1)NCc1cccc(NC(=O)c2ccncc2)c1. The number of carbonyl (C=O) groups excluding carboxylic acids is 2. The molecule has 3 rings (SSSR count). The molecule has 25 heavy (non-hydrogen) atoms. The van der Waals surface area contributed by atoms with E-state index in [0.29, 0.717) is 24.3 Å². The fourth-order valence-electron chi connectivity index (χ4n) is 2.44. The van der Waals surface area contributed by atoms with Gasteiger partial charge in [-0.15, -0.1) is 0 Å². The second kappa shape index (κ2) is 8.39. The van der Waals surface area contributed by atoms with Crippen LogP contribution in [0.25, 0.3) is 0 Å². The molecule has 0 atom stereocenters. The van der Waals surface area contributed by atoms with Gasteiger partial charge in [0.25, 0.3) is 5.91 Å². The molecule has 1 heterocycles. The molecule has 2 aromatic rings. The monoisotopic (exact) mass is 338 g/mol. The number of nitrogens with zero attached hydrogens (tertiary/aromatic N) is 1. The van der Waals surface area contributed by atoms with Crippen molar-refractivity contribution in [3.8, 4) is 0 Å². The Kier molecular flexibility index (Phi) is 5.74. The molecule has 6 nitrogen and oxygen atoms in total. The molecule has 0 radical (unpaired) electrons. The third-order valence-electron chi connectivity index (χ3n) is 4.03. The lowest BCUT2D eigenvalue weighted by molar-refractivity contribution is -0.120. The van der Waals surface area contributed by atoms with Gasteiger partial charge in [0.15, 0.2) is 0 Å². The maximum atomic E-state index is 12.2. The van der Waals surface area contributed by atoms with Crippen LogP contribution in [0.2, 0.25) is 0 Å². The van der Waals surface area contributed by atoms with Gasteiger partial charge in [-0.1, -0.05) is 12.1 Å². The molecule has 1 aliphatic rings. The first-order valence-corrected chi connectivity index (χ1v) is 8.48. The summed E-state index contributed by atoms with van der Waals surface area (Å²) in [5.74, 6) is 0.549. The molecule has 0 bridgehead atoms. The largest absolute Gasteiger partial charge is 0.351 e. The smallest absolute Gasteiger partial charge is 0.255 e. The molecule has 130 valence electrons. The molecular formula is C19H22N4O2. The van der Waals surface area contributed by atoms with E-state index in [1.54, 1.807) is 24.5 Å². The van der Waals surface area contributed by atoms with Gasteiger partial charge in [-0.05, 0) is 55.1 Å². The van der Waals surface area contributed by atoms with E-state index in [1.807, 2.05) is 24.3 Å². The van der Waals surface area contributed by atoms with E-state index in [1.165, 1.54) is 12.8 Å². The van der Waals surface area contributed by atoms with Crippen LogP contribution in [0.1, 0.15) is 28.8 Å². The minimum Gasteiger partial charge on any atom is -0.351 e. The van der Waals surface area contributed by atoms with Crippen molar-refractivity contribution >= 4 is 17.5 Å². The summed E-state index contributed by atoms with van der Waals surface area (Å²) in [6.07, 6.45) is 5.70. The van der Waals surface area contributed by atoms with Crippen molar-refractivity contribution in [3.05, 3.63) is 59.9 Å². The molecule has 1 aromatic carbocycles. The van der Waals surface area contributed by atoms with E-state index in [-0.39, 0.29) is 11.8 Å². The standard InChI is InChI=1S/C19H22N4O2/c24-18(13-21-11-14-4-5-14)22-12-15-2-1-3-17(10-15)23-19(25)16-6-8-20-9-7-16/h1-3,6-10,14,21H,4-5,11-13H2,(H,22,24)(H,23,25). The van der Waals surface area contributed by atoms with Crippen molar-refractivity contribution < 1.29 is 9.59 Å². The van der Waals surface area contributed by atoms with Gasteiger partial charge < -0.3 is 16.0 Å². The second-order valence-corrected chi connectivity index (χ2v) is 6.24. The number of rotatable bonds is 8. The first-order chi connectivity index (χ1) is 12.2. The fraction of sp³-hybridized carbons (Fsp3) is 0.316. The Balaban J connectivity index is 1.47. The van der Waals surface area contributed by atoms with Crippen molar-refractivity contribution in [1.82, 2.24) is 15.6 Å². The summed E-state index contributed by atoms with van der Waals surface area (Å²) >= 11 is 0. The minimum absolute atomic E-state index is 0.0214. The van der Waals surface area contributed by atoms with Gasteiger partial charge in [0.2, 0.25) is 5.91 Å². The van der Waals surface area contributed by atoms with Crippen LogP contribution in [-0.2, 0) is 11.3 Å². The number of nitrogens with one attached hydrogen (secondary N) is 3. The number of benzene rings is 1. The van der Waals surface area contributed by atoms with E-state index in [9.17, 15) is 9.59 Å². The Morgan fingerprint density at radius 3 is 2.68 bits per heavy atom. The Hall–Kier alpha value is -2.73. The molecule has 1 aromatic heterocycles. The molecule has 6 heteroatoms. The first kappa shape index (κ1) is 17.1. The zero-order chi connectivity index (χ0) is 17.5. The highest BCUT2D eigenvalue weighted by molar-refractivity contribution is 6.04. The average molecular weight is 338 g/mol. The summed E-state index contributed by atoms with van der Waals surface area (Å²) in [4.78, 5) is 27.9. The number of anilines is 1. The van der Waals surface area contributed by atoms with Gasteiger partial charge in [-0.2, -0.15) is 0 Å². The number of pyridine rings is 1. The Morgan fingerprint density at radius 1 is 1.12 bits per heavy atom. The molecule has 0 aliphatic heterocycles. The van der Waals surface area contributed by atoms with E-state index in [2.05, 4.69) is 20.9 Å². The van der Waals surface area contributed by atoms with Crippen molar-refractivity contribution in [2.45, 2.75) is 19.4 Å². The van der Waals surface area contributed by atoms with Gasteiger partial charge in [-0.25, -0.2) is 0 Å². The fourth-order valence-corrected chi connectivity index (χ4v) is 2.44. The predicted molar refractivity (Wildman–Crippen MR) is 96.1 cm³/mol. The zero-order valence-corrected chi connectivity index (χ0v) is 14.0. The number of hydrogen-bond donors (Lipinski definition) is 3. The summed E-state index contributed by atoms with van der Waals surface area (Å²) < 4.78 is 0. The molecule has 1 fully saturated rings. The van der Waals surface area contributed by atoms with E-state index in [4.69, 9.17) is 0 Å². The number of aromatic nitrogens is 1. The molecule has 0 unspecified atom stereocenters. The van der Waals surface area contributed by atoms with E-state index in [0.717, 1.165) is 18.0 Å². The van der Waals surface area contributed by atoms with Gasteiger partial charge in [0.05, 0.1) is 6.54 Å². The van der Waals surface area contributed by atoms with Crippen molar-refractivity contribution in [3.63, 3.8) is 0 Å². The van der Waals surface area contributed by atoms with Gasteiger partial charge >= 0.3 is 0 Å². The van der Waals surface area contributed by atoms with Gasteiger partial charge in [-0.3, -0.25) is 14.6 Å². The van der Waals surface area contributed by atoms with Crippen molar-refractivity contribution in [1.29, 1.82) is 0 Å². The molecule has 0 spiro atoms. The third-order valence-corrected chi connectivity index (χ3v) is 4.03. The van der Waals surface area contributed by atoms with Crippen LogP contribution < -0.4 is 16.0 Å². The zero-order valence-electron chi connectivity index (χ0n) is 14.0. The molecule has 2 amide bonds. The molecule has 1 saturated carbocycles. The summed E-state index contributed by atoms with van der Waals surface area (Å²) in [6, 6.07) is 10.8. The normalized spacial score (nSPS) is 13.3. The highest BCUT2D eigenvalue weighted by Crippen LogP contribution is 2.27. The quantitative estimate of drug-likeness (QED) is 0.687. The minimum atomic E-state index is -0.187. The van der Waals surface area contributed by atoms with Crippen LogP contribution in [0.5, 0.6) is 0 Å². The Morgan fingerprint density at radius 2 is 1.92 bits per heavy atom. The average Bonchev–Trinajstić information content (AvgIpc) is 3.45. The lowest BCUT2D eigenvalue weighted by Crippen LogP contribution is -2.34. The van der Waals surface area contributed by atoms with Gasteiger partial charge in [0.1, 0.15) is 0 Å². The molecule has 1 aliphatic carbocycles. The Labute approximate surface area is 147 Å². The summed E-state index contributed by atoms with van der Waals surface area (Å²) in [7, 11) is 0. The highest BCUT2D eigenvalue weighted by atomic mass is 16.2. The van der Waals surface area contributed by atoms with Crippen LogP contribution in [0.15, 0.2) is 48.8 Å². The predicted octanol–water partition coefficient (Wildman–Crippen LogP) is 1.95. The Bertz CT molecular complexity index is 729. The third kappa shape index (κ3) is 5.69. The maximum Gasteiger partial charge on any atom is 0.255 e. The van der Waals surface area contributed by atoms with Crippen molar-refractivity contribution in [2.75, 3.05) is 18.4 Å². The summed E-state index contributed by atoms with van der Waals surface area (Å²) in [5, 5.41) is 8.90. The number of hydrogen-bond acceptors (Lipinski definition) is 4. The van der Waals surface area contributed by atoms with Crippen LogP contribution in [-0.4, -0.2) is 29.9 Å². The molecule has 3 N–H and O–H groups in total. The lowest BCUT2D eigenvalue weighted by Gasteiger charge is -2.09. The van der Waals surface area contributed by atoms with Gasteiger partial charge in [0, 0.05) is 30.2 Å². The second-order valence-electron chi connectivity index (χ2n) is 6.24.